The van der Waals surface area contributed by atoms with E-state index >= 15 is 0 Å². The number of carbonyl (C=O) groups is 1. The van der Waals surface area contributed by atoms with Gasteiger partial charge < -0.3 is 10.5 Å². The molecule has 8 heteroatoms. The van der Waals surface area contributed by atoms with Gasteiger partial charge in [-0.3, -0.25) is 0 Å². The number of carbonyl (C=O) groups excluding carboxylic acids is 1. The number of primary amides is 1. The summed E-state index contributed by atoms with van der Waals surface area (Å²) < 4.78 is 24.1. The van der Waals surface area contributed by atoms with E-state index in [2.05, 4.69) is 39.1 Å². The van der Waals surface area contributed by atoms with Gasteiger partial charge in [-0.15, -0.1) is 0 Å². The third kappa shape index (κ3) is 5.18. The lowest BCUT2D eigenvalue weighted by Gasteiger charge is -2.08. The van der Waals surface area contributed by atoms with Crippen LogP contribution in [0.15, 0.2) is 39.7 Å². The maximum Gasteiger partial charge on any atom is 0.353 e. The number of rotatable bonds is 0. The van der Waals surface area contributed by atoms with Crippen LogP contribution in [0.4, 0.5) is 4.79 Å². The smallest absolute Gasteiger partial charge is 0.349 e. The summed E-state index contributed by atoms with van der Waals surface area (Å²) in [4.78, 5) is 10.8. The fourth-order valence-electron chi connectivity index (χ4n) is 1.01. The predicted octanol–water partition coefficient (Wildman–Crippen LogP) is 1.40. The molecule has 6 nitrogen and oxygen atoms in total. The van der Waals surface area contributed by atoms with Gasteiger partial charge in [0.25, 0.3) is 0 Å². The number of nitrogens with two attached hydrogens (primary N) is 1. The molecule has 1 aliphatic heterocycles. The maximum atomic E-state index is 9.47. The molecule has 0 aromatic heterocycles. The second-order valence-electron chi connectivity index (χ2n) is 2.74. The Morgan fingerprint density at radius 1 is 1.35 bits per heavy atom. The van der Waals surface area contributed by atoms with E-state index in [-0.39, 0.29) is 0 Å². The monoisotopic (exact) mass is 271 g/mol. The Balaban J connectivity index is 0.000000185. The first-order valence-corrected chi connectivity index (χ1v) is 6.23. The van der Waals surface area contributed by atoms with Gasteiger partial charge in [0.2, 0.25) is 0 Å². The van der Waals surface area contributed by atoms with E-state index in [1.165, 1.54) is 10.5 Å². The summed E-state index contributed by atoms with van der Waals surface area (Å²) in [5, 5.41) is 0. The molecule has 0 spiro atoms. The molecule has 0 radical (unpaired) electrons. The van der Waals surface area contributed by atoms with Crippen molar-refractivity contribution >= 4 is 34.6 Å². The quantitative estimate of drug-likeness (QED) is 0.694. The van der Waals surface area contributed by atoms with Gasteiger partial charge in [-0.1, -0.05) is 22.6 Å². The van der Waals surface area contributed by atoms with Crippen LogP contribution in [0.25, 0.3) is 6.08 Å². The van der Waals surface area contributed by atoms with Crippen LogP contribution in [-0.4, -0.2) is 14.4 Å². The minimum Gasteiger partial charge on any atom is -0.349 e. The molecule has 90 valence electrons. The number of hydrogen-bond acceptors (Lipinski definition) is 5. The fourth-order valence-corrected chi connectivity index (χ4v) is 1.82. The summed E-state index contributed by atoms with van der Waals surface area (Å²) in [5.41, 5.74) is 5.59. The zero-order valence-corrected chi connectivity index (χ0v) is 10.2. The molecule has 0 unspecified atom stereocenters. The van der Waals surface area contributed by atoms with Crippen LogP contribution in [0, 0.1) is 0 Å². The van der Waals surface area contributed by atoms with E-state index < -0.39 is 16.5 Å². The molecule has 3 N–H and O–H groups in total. The van der Waals surface area contributed by atoms with Crippen molar-refractivity contribution in [2.75, 3.05) is 0 Å². The highest BCUT2D eigenvalue weighted by molar-refractivity contribution is 7.97. The van der Waals surface area contributed by atoms with Crippen molar-refractivity contribution in [3.63, 3.8) is 0 Å². The molecule has 1 aromatic carbocycles. The fraction of sp³-hybridized carbons (Fsp3) is 0. The average molecular weight is 271 g/mol. The van der Waals surface area contributed by atoms with Crippen LogP contribution in [0.2, 0.25) is 0 Å². The lowest BCUT2D eigenvalue weighted by Crippen LogP contribution is -2.02. The lowest BCUT2D eigenvalue weighted by molar-refractivity contribution is 0.257. The van der Waals surface area contributed by atoms with Gasteiger partial charge in [0.15, 0.2) is 0 Å². The van der Waals surface area contributed by atoms with Crippen molar-refractivity contribution in [1.29, 1.82) is 0 Å². The molecule has 0 saturated heterocycles. The van der Waals surface area contributed by atoms with Crippen molar-refractivity contribution in [2.24, 2.45) is 10.1 Å². The Bertz CT molecular complexity index is 559. The number of amides is 2. The van der Waals surface area contributed by atoms with E-state index in [1.54, 1.807) is 11.9 Å². The van der Waals surface area contributed by atoms with Gasteiger partial charge in [-0.05, 0) is 29.7 Å². The zero-order chi connectivity index (χ0) is 12.7. The standard InChI is InChI=1S/C8H7NS.CH2N2O3S/c1-2-4-8-7(3-1)5-6-9-10-8;2-1(4)3-7(5)6/h1-6,9H;(H2,2,4). The maximum absolute atomic E-state index is 9.47. The Kier molecular flexibility index (Phi) is 5.24. The molecule has 1 heterocycles. The van der Waals surface area contributed by atoms with Crippen molar-refractivity contribution in [1.82, 2.24) is 4.72 Å². The second-order valence-corrected chi connectivity index (χ2v) is 4.23. The molecule has 17 heavy (non-hydrogen) atoms. The van der Waals surface area contributed by atoms with E-state index in [1.807, 2.05) is 12.3 Å². The first-order chi connectivity index (χ1) is 8.09. The van der Waals surface area contributed by atoms with Gasteiger partial charge >= 0.3 is 16.5 Å². The summed E-state index contributed by atoms with van der Waals surface area (Å²) >= 11 is 1.65. The normalized spacial score (nSPS) is 11.3. The van der Waals surface area contributed by atoms with E-state index in [9.17, 15) is 13.2 Å². The molecular formula is C9H9N3O3S2. The van der Waals surface area contributed by atoms with E-state index in [0.29, 0.717) is 0 Å². The SMILES string of the molecule is C1=Cc2ccccc2SN1.NC(=O)N=S(=O)=O. The molecule has 1 aliphatic rings. The highest BCUT2D eigenvalue weighted by Crippen LogP contribution is 2.23. The summed E-state index contributed by atoms with van der Waals surface area (Å²) in [6.45, 7) is 0. The third-order valence-electron chi connectivity index (χ3n) is 1.58. The van der Waals surface area contributed by atoms with Crippen LogP contribution in [-0.2, 0) is 10.5 Å². The molecule has 0 aliphatic carbocycles. The average Bonchev–Trinajstić information content (AvgIpc) is 2.28. The Hall–Kier alpha value is -1.80. The first-order valence-electron chi connectivity index (χ1n) is 4.38. The zero-order valence-electron chi connectivity index (χ0n) is 8.53. The number of nitrogens with one attached hydrogen (secondary N) is 1. The summed E-state index contributed by atoms with van der Waals surface area (Å²) in [5.74, 6) is 0. The van der Waals surface area contributed by atoms with Crippen molar-refractivity contribution < 1.29 is 13.2 Å². The number of nitrogens with zero attached hydrogens (tertiary/aromatic N) is 1. The number of fused-ring (bicyclic) bond motifs is 1. The number of urea groups is 1. The molecule has 1 aromatic rings. The molecule has 0 bridgehead atoms. The van der Waals surface area contributed by atoms with Crippen LogP contribution in [0.5, 0.6) is 0 Å². The van der Waals surface area contributed by atoms with Crippen molar-refractivity contribution in [2.45, 2.75) is 4.90 Å². The topological polar surface area (TPSA) is 102 Å². The summed E-state index contributed by atoms with van der Waals surface area (Å²) in [7, 11) is -2.70. The highest BCUT2D eigenvalue weighted by atomic mass is 32.2. The van der Waals surface area contributed by atoms with Crippen LogP contribution >= 0.6 is 11.9 Å². The van der Waals surface area contributed by atoms with Crippen molar-refractivity contribution in [3.8, 4) is 0 Å². The van der Waals surface area contributed by atoms with Crippen LogP contribution < -0.4 is 10.5 Å². The second kappa shape index (κ2) is 6.71. The van der Waals surface area contributed by atoms with Crippen molar-refractivity contribution in [3.05, 3.63) is 36.0 Å². The summed E-state index contributed by atoms with van der Waals surface area (Å²) in [6, 6.07) is 7.12. The molecule has 0 atom stereocenters. The third-order valence-corrected chi connectivity index (χ3v) is 2.76. The summed E-state index contributed by atoms with van der Waals surface area (Å²) in [6.07, 6.45) is 4.03. The minimum absolute atomic E-state index is 1.20. The Morgan fingerprint density at radius 2 is 2.06 bits per heavy atom. The highest BCUT2D eigenvalue weighted by Gasteiger charge is 2.00. The van der Waals surface area contributed by atoms with Gasteiger partial charge in [-0.2, -0.15) is 8.42 Å². The van der Waals surface area contributed by atoms with Gasteiger partial charge in [-0.25, -0.2) is 4.79 Å². The van der Waals surface area contributed by atoms with Gasteiger partial charge in [0, 0.05) is 11.1 Å². The molecule has 0 fully saturated rings. The number of benzene rings is 1. The Labute approximate surface area is 104 Å². The largest absolute Gasteiger partial charge is 0.353 e. The minimum atomic E-state index is -2.70. The van der Waals surface area contributed by atoms with E-state index in [0.717, 1.165) is 0 Å². The molecule has 2 rings (SSSR count). The molecule has 2 amide bonds. The lowest BCUT2D eigenvalue weighted by atomic mass is 10.2. The van der Waals surface area contributed by atoms with Gasteiger partial charge in [0.05, 0.1) is 0 Å². The van der Waals surface area contributed by atoms with Crippen LogP contribution in [0.1, 0.15) is 5.56 Å². The number of hydrogen-bond donors (Lipinski definition) is 2. The molecule has 0 saturated carbocycles. The molecular weight excluding hydrogens is 262 g/mol. The van der Waals surface area contributed by atoms with Gasteiger partial charge in [0.1, 0.15) is 0 Å². The predicted molar refractivity (Wildman–Crippen MR) is 65.4 cm³/mol. The Morgan fingerprint density at radius 3 is 2.59 bits per heavy atom. The first kappa shape index (κ1) is 13.3. The van der Waals surface area contributed by atoms with E-state index in [4.69, 9.17) is 0 Å². The van der Waals surface area contributed by atoms with Crippen LogP contribution in [0.3, 0.4) is 0 Å².